The lowest BCUT2D eigenvalue weighted by molar-refractivity contribution is -0.129. The molecule has 0 spiro atoms. The van der Waals surface area contributed by atoms with Crippen LogP contribution in [0.15, 0.2) is 65.9 Å². The van der Waals surface area contributed by atoms with E-state index in [-0.39, 0.29) is 5.57 Å². The number of amides is 1. The third kappa shape index (κ3) is 6.31. The van der Waals surface area contributed by atoms with Gasteiger partial charge < -0.3 is 24.4 Å². The largest absolute Gasteiger partial charge is 0.503 e. The summed E-state index contributed by atoms with van der Waals surface area (Å²) in [4.78, 5) is 29.9. The van der Waals surface area contributed by atoms with Crippen LogP contribution in [0.2, 0.25) is 0 Å². The smallest absolute Gasteiger partial charge is 0.290 e. The number of aliphatic hydroxyl groups excluding tert-OH is 1. The number of ketones is 1. The van der Waals surface area contributed by atoms with Crippen LogP contribution >= 0.6 is 0 Å². The molecule has 0 saturated carbocycles. The molecular weight excluding hydrogens is 444 g/mol. The van der Waals surface area contributed by atoms with Crippen molar-refractivity contribution < 1.29 is 24.2 Å². The van der Waals surface area contributed by atoms with Crippen LogP contribution < -0.4 is 9.47 Å². The monoisotopic (exact) mass is 478 g/mol. The van der Waals surface area contributed by atoms with E-state index >= 15 is 0 Å². The summed E-state index contributed by atoms with van der Waals surface area (Å²) >= 11 is 0. The van der Waals surface area contributed by atoms with E-state index in [1.807, 2.05) is 69.2 Å². The van der Waals surface area contributed by atoms with Gasteiger partial charge in [0.1, 0.15) is 0 Å². The molecule has 2 aromatic carbocycles. The summed E-state index contributed by atoms with van der Waals surface area (Å²) in [5.74, 6) is -0.345. The molecule has 0 aliphatic carbocycles. The lowest BCUT2D eigenvalue weighted by Gasteiger charge is -2.28. The van der Waals surface area contributed by atoms with Gasteiger partial charge in [-0.3, -0.25) is 9.59 Å². The molecule has 1 heterocycles. The van der Waals surface area contributed by atoms with Crippen LogP contribution in [-0.4, -0.2) is 67.0 Å². The second kappa shape index (κ2) is 12.2. The van der Waals surface area contributed by atoms with Crippen LogP contribution in [-0.2, 0) is 9.59 Å². The first-order valence-electron chi connectivity index (χ1n) is 11.9. The van der Waals surface area contributed by atoms with Crippen molar-refractivity contribution in [1.29, 1.82) is 0 Å². The highest BCUT2D eigenvalue weighted by atomic mass is 16.5. The minimum absolute atomic E-state index is 0.0608. The Bertz CT molecular complexity index is 1090. The second-order valence-electron chi connectivity index (χ2n) is 8.56. The maximum atomic E-state index is 13.3. The van der Waals surface area contributed by atoms with Gasteiger partial charge in [0.25, 0.3) is 5.91 Å². The van der Waals surface area contributed by atoms with Crippen molar-refractivity contribution in [3.63, 3.8) is 0 Å². The molecule has 1 atom stereocenters. The summed E-state index contributed by atoms with van der Waals surface area (Å²) in [5.41, 5.74) is 1.58. The zero-order chi connectivity index (χ0) is 25.4. The van der Waals surface area contributed by atoms with Gasteiger partial charge in [-0.15, -0.1) is 0 Å². The van der Waals surface area contributed by atoms with Gasteiger partial charge in [0.15, 0.2) is 23.0 Å². The number of allylic oxidation sites excluding steroid dienone is 1. The molecule has 0 fully saturated rings. The van der Waals surface area contributed by atoms with Crippen molar-refractivity contribution in [2.75, 3.05) is 40.4 Å². The van der Waals surface area contributed by atoms with Crippen LogP contribution in [0.1, 0.15) is 37.4 Å². The zero-order valence-corrected chi connectivity index (χ0v) is 20.9. The lowest BCUT2D eigenvalue weighted by atomic mass is 9.95. The molecule has 0 aromatic heterocycles. The van der Waals surface area contributed by atoms with E-state index in [0.717, 1.165) is 12.0 Å². The Hall–Kier alpha value is -3.58. The lowest BCUT2D eigenvalue weighted by Crippen LogP contribution is -2.36. The molecule has 186 valence electrons. The van der Waals surface area contributed by atoms with Crippen LogP contribution in [0.5, 0.6) is 11.5 Å². The molecule has 0 bridgehead atoms. The predicted molar refractivity (Wildman–Crippen MR) is 137 cm³/mol. The number of hydrogen-bond acceptors (Lipinski definition) is 6. The number of carbonyl (C=O) groups excluding carboxylic acids is 2. The van der Waals surface area contributed by atoms with Gasteiger partial charge in [-0.25, -0.2) is 0 Å². The average Bonchev–Trinajstić information content (AvgIpc) is 3.11. The highest BCUT2D eigenvalue weighted by Crippen LogP contribution is 2.41. The van der Waals surface area contributed by atoms with Crippen molar-refractivity contribution in [2.24, 2.45) is 0 Å². The summed E-state index contributed by atoms with van der Waals surface area (Å²) in [5, 5.41) is 10.8. The molecule has 1 aliphatic heterocycles. The van der Waals surface area contributed by atoms with Gasteiger partial charge in [0.05, 0.1) is 24.8 Å². The van der Waals surface area contributed by atoms with Crippen LogP contribution in [0.25, 0.3) is 6.08 Å². The van der Waals surface area contributed by atoms with Crippen molar-refractivity contribution in [3.8, 4) is 11.5 Å². The first kappa shape index (κ1) is 26.0. The quantitative estimate of drug-likeness (QED) is 0.455. The number of likely N-dealkylation sites (N-methyl/N-ethyl adjacent to an activating group) is 1. The summed E-state index contributed by atoms with van der Waals surface area (Å²) < 4.78 is 11.6. The van der Waals surface area contributed by atoms with Gasteiger partial charge in [-0.2, -0.15) is 0 Å². The molecule has 1 amide bonds. The Morgan fingerprint density at radius 1 is 1.09 bits per heavy atom. The summed E-state index contributed by atoms with van der Waals surface area (Å²) in [6.07, 6.45) is 3.94. The zero-order valence-electron chi connectivity index (χ0n) is 20.9. The molecule has 0 radical (unpaired) electrons. The minimum Gasteiger partial charge on any atom is -0.503 e. The minimum atomic E-state index is -0.741. The predicted octanol–water partition coefficient (Wildman–Crippen LogP) is 4.41. The van der Waals surface area contributed by atoms with Crippen LogP contribution in [0, 0.1) is 0 Å². The Labute approximate surface area is 207 Å². The van der Waals surface area contributed by atoms with Gasteiger partial charge in [-0.05, 0) is 56.8 Å². The number of ether oxygens (including phenoxy) is 2. The van der Waals surface area contributed by atoms with E-state index in [2.05, 4.69) is 0 Å². The molecule has 1 unspecified atom stereocenters. The Balaban J connectivity index is 2.02. The molecule has 1 aliphatic rings. The molecule has 7 heteroatoms. The number of rotatable bonds is 12. The molecule has 2 aromatic rings. The van der Waals surface area contributed by atoms with Crippen molar-refractivity contribution in [1.82, 2.24) is 9.80 Å². The fourth-order valence-corrected chi connectivity index (χ4v) is 3.91. The number of hydrogen-bond donors (Lipinski definition) is 1. The normalized spacial score (nSPS) is 16.0. The Kier molecular flexibility index (Phi) is 9.09. The third-order valence-electron chi connectivity index (χ3n) is 5.63. The molecule has 3 rings (SSSR count). The van der Waals surface area contributed by atoms with E-state index < -0.39 is 23.5 Å². The highest BCUT2D eigenvalue weighted by molar-refractivity contribution is 6.14. The second-order valence-corrected chi connectivity index (χ2v) is 8.56. The van der Waals surface area contributed by atoms with E-state index in [9.17, 15) is 14.7 Å². The SMILES string of the molecule is CCCOc1ccc(C2C(C(=O)C=Cc3ccccc3)=C(O)C(=O)N2CCN(C)C)cc1OCC. The third-order valence-corrected chi connectivity index (χ3v) is 5.63. The molecular formula is C28H34N2O5. The summed E-state index contributed by atoms with van der Waals surface area (Å²) in [7, 11) is 3.81. The number of aliphatic hydroxyl groups is 1. The molecule has 1 N–H and O–H groups in total. The van der Waals surface area contributed by atoms with Crippen molar-refractivity contribution >= 4 is 17.8 Å². The standard InChI is InChI=1S/C28H34N2O5/c1-5-18-35-23-15-13-21(19-24(23)34-6-2)26-25(22(31)14-12-20-10-8-7-9-11-20)27(32)28(33)30(26)17-16-29(3)4/h7-15,19,26,32H,5-6,16-18H2,1-4H3. The molecule has 0 saturated heterocycles. The number of carbonyl (C=O) groups is 2. The van der Waals surface area contributed by atoms with Gasteiger partial charge >= 0.3 is 0 Å². The van der Waals surface area contributed by atoms with Gasteiger partial charge in [-0.1, -0.05) is 49.4 Å². The van der Waals surface area contributed by atoms with E-state index in [1.54, 1.807) is 18.2 Å². The van der Waals surface area contributed by atoms with Crippen molar-refractivity contribution in [2.45, 2.75) is 26.3 Å². The van der Waals surface area contributed by atoms with E-state index in [0.29, 0.717) is 43.4 Å². The van der Waals surface area contributed by atoms with E-state index in [1.165, 1.54) is 11.0 Å². The fraction of sp³-hybridized carbons (Fsp3) is 0.357. The van der Waals surface area contributed by atoms with Crippen LogP contribution in [0.4, 0.5) is 0 Å². The average molecular weight is 479 g/mol. The van der Waals surface area contributed by atoms with Crippen molar-refractivity contribution in [3.05, 3.63) is 77.1 Å². The molecule has 7 nitrogen and oxygen atoms in total. The van der Waals surface area contributed by atoms with Crippen LogP contribution in [0.3, 0.4) is 0 Å². The first-order valence-corrected chi connectivity index (χ1v) is 11.9. The topological polar surface area (TPSA) is 79.3 Å². The maximum Gasteiger partial charge on any atom is 0.290 e. The van der Waals surface area contributed by atoms with E-state index in [4.69, 9.17) is 9.47 Å². The highest BCUT2D eigenvalue weighted by Gasteiger charge is 2.43. The first-order chi connectivity index (χ1) is 16.9. The maximum absolute atomic E-state index is 13.3. The number of nitrogens with zero attached hydrogens (tertiary/aromatic N) is 2. The molecule has 35 heavy (non-hydrogen) atoms. The van der Waals surface area contributed by atoms with Gasteiger partial charge in [0, 0.05) is 13.1 Å². The fourth-order valence-electron chi connectivity index (χ4n) is 3.91. The Morgan fingerprint density at radius 3 is 2.49 bits per heavy atom. The number of benzene rings is 2. The summed E-state index contributed by atoms with van der Waals surface area (Å²) in [6.45, 7) is 5.81. The summed E-state index contributed by atoms with van der Waals surface area (Å²) in [6, 6.07) is 14.1. The van der Waals surface area contributed by atoms with Gasteiger partial charge in [0.2, 0.25) is 0 Å². The Morgan fingerprint density at radius 2 is 1.83 bits per heavy atom.